The van der Waals surface area contributed by atoms with Gasteiger partial charge in [0.2, 0.25) is 12.6 Å². The number of unbranched alkanes of at least 4 members (excludes halogenated alkanes) is 2. The van der Waals surface area contributed by atoms with Crippen LogP contribution in [-0.4, -0.2) is 80.4 Å². The van der Waals surface area contributed by atoms with Gasteiger partial charge < -0.3 is 49.7 Å². The minimum absolute atomic E-state index is 0.0173. The molecule has 6 atom stereocenters. The van der Waals surface area contributed by atoms with E-state index in [9.17, 15) is 35.3 Å². The number of nitrogens with zero attached hydrogens (tertiary/aromatic N) is 3. The van der Waals surface area contributed by atoms with Crippen molar-refractivity contribution < 1.29 is 49.2 Å². The highest BCUT2D eigenvalue weighted by Gasteiger charge is 2.64. The smallest absolute Gasteiger partial charge is 0.318 e. The number of oxime groups is 1. The molecule has 2 aliphatic heterocycles. The first-order chi connectivity index (χ1) is 28.1. The summed E-state index contributed by atoms with van der Waals surface area (Å²) in [7, 11) is 0. The van der Waals surface area contributed by atoms with Crippen LogP contribution in [0.2, 0.25) is 0 Å². The van der Waals surface area contributed by atoms with Crippen molar-refractivity contribution in [1.29, 1.82) is 0 Å². The zero-order chi connectivity index (χ0) is 40.8. The lowest BCUT2D eigenvalue weighted by Gasteiger charge is -2.58. The largest absolute Gasteiger partial charge is 0.508 e. The minimum atomic E-state index is -1.94. The fraction of sp³-hybridized carbons (Fsp3) is 0.488. The van der Waals surface area contributed by atoms with E-state index in [1.165, 1.54) is 18.2 Å². The first-order valence-corrected chi connectivity index (χ1v) is 20.2. The second kappa shape index (κ2) is 18.0. The van der Waals surface area contributed by atoms with Gasteiger partial charge in [-0.25, -0.2) is 4.79 Å². The number of non-ortho nitro benzene ring substituents is 1. The summed E-state index contributed by atoms with van der Waals surface area (Å²) >= 11 is 0. The molecule has 310 valence electrons. The number of amides is 2. The number of allylic oxidation sites excluding steroid dienone is 1. The van der Waals surface area contributed by atoms with Crippen molar-refractivity contribution in [2.24, 2.45) is 22.9 Å². The first-order valence-electron chi connectivity index (χ1n) is 20.2. The van der Waals surface area contributed by atoms with Crippen molar-refractivity contribution in [3.05, 3.63) is 99.1 Å². The van der Waals surface area contributed by atoms with E-state index < -0.39 is 28.7 Å². The maximum absolute atomic E-state index is 14.4. The van der Waals surface area contributed by atoms with Gasteiger partial charge in [-0.1, -0.05) is 37.1 Å². The van der Waals surface area contributed by atoms with Crippen molar-refractivity contribution >= 4 is 17.4 Å². The standard InChI is InChI=1S/C43H52N4O11/c1-2-17-46(42(51)44-24-28-11-15-37-38(20-28)56-26-55-37)39-23-35(45-57-25-27-9-12-30(13-10-27)47(53)54)33-21-29(7-3-5-18-48)32(8-4-6-19-49)40-34-22-31(50)14-16-36(34)58-43(39,52)41(33)40/h9-16,20-22,29,32,39-41,48-50,52H,2-8,17-19,23-26H2,1H3,(H,44,51)/t29-,32+,39-,40+,41+,43+/m0/s1. The summed E-state index contributed by atoms with van der Waals surface area (Å²) in [5.41, 5.74) is 3.43. The zero-order valence-corrected chi connectivity index (χ0v) is 32.6. The van der Waals surface area contributed by atoms with E-state index >= 15 is 0 Å². The lowest BCUT2D eigenvalue weighted by Crippen LogP contribution is -2.69. The summed E-state index contributed by atoms with van der Waals surface area (Å²) in [6.07, 6.45) is 6.96. The van der Waals surface area contributed by atoms with E-state index in [4.69, 9.17) is 24.2 Å². The molecule has 2 heterocycles. The van der Waals surface area contributed by atoms with E-state index in [0.29, 0.717) is 54.2 Å². The van der Waals surface area contributed by atoms with Crippen LogP contribution >= 0.6 is 0 Å². The molecule has 0 spiro atoms. The van der Waals surface area contributed by atoms with Crippen LogP contribution in [0.25, 0.3) is 0 Å². The van der Waals surface area contributed by atoms with E-state index in [-0.39, 0.29) is 75.3 Å². The number of ether oxygens (including phenoxy) is 3. The molecule has 4 aliphatic rings. The van der Waals surface area contributed by atoms with Crippen molar-refractivity contribution in [2.75, 3.05) is 26.6 Å². The molecule has 15 nitrogen and oxygen atoms in total. The molecule has 15 heteroatoms. The van der Waals surface area contributed by atoms with E-state index in [0.717, 1.165) is 36.0 Å². The number of benzene rings is 3. The molecule has 0 radical (unpaired) electrons. The highest BCUT2D eigenvalue weighted by Crippen LogP contribution is 2.60. The number of aliphatic hydroxyl groups is 3. The molecule has 2 amide bonds. The molecule has 1 saturated carbocycles. The second-order valence-electron chi connectivity index (χ2n) is 15.5. The Labute approximate surface area is 337 Å². The number of hydrogen-bond donors (Lipinski definition) is 5. The van der Waals surface area contributed by atoms with Crippen LogP contribution in [0.5, 0.6) is 23.0 Å². The summed E-state index contributed by atoms with van der Waals surface area (Å²) in [4.78, 5) is 32.8. The summed E-state index contributed by atoms with van der Waals surface area (Å²) in [6.45, 7) is 2.67. The Morgan fingerprint density at radius 2 is 1.71 bits per heavy atom. The highest BCUT2D eigenvalue weighted by atomic mass is 16.7. The van der Waals surface area contributed by atoms with Gasteiger partial charge in [0.25, 0.3) is 5.69 Å². The SMILES string of the molecule is CCCN(C(=O)NCc1ccc2c(c1)OCO2)[C@H]1CC(=NOCc2ccc([N+](=O)[O-])cc2)C2=C[C@H](CCCCO)[C@@H](CCCCO)[C@@H]3c4cc(O)ccc4O[C@@]1(O)[C@H]23. The molecule has 58 heavy (non-hydrogen) atoms. The first kappa shape index (κ1) is 40.8. The van der Waals surface area contributed by atoms with Crippen molar-refractivity contribution in [3.63, 3.8) is 0 Å². The number of nitro groups is 1. The maximum atomic E-state index is 14.4. The van der Waals surface area contributed by atoms with Gasteiger partial charge in [-0.3, -0.25) is 10.1 Å². The molecular weight excluding hydrogens is 748 g/mol. The number of rotatable bonds is 17. The number of nitro benzene ring substituents is 1. The van der Waals surface area contributed by atoms with Crippen LogP contribution in [0.15, 0.2) is 77.5 Å². The number of hydrogen-bond acceptors (Lipinski definition) is 12. The molecule has 0 saturated heterocycles. The fourth-order valence-corrected chi connectivity index (χ4v) is 9.15. The molecular formula is C43H52N4O11. The number of phenols is 1. The Morgan fingerprint density at radius 1 is 0.983 bits per heavy atom. The Kier molecular flexibility index (Phi) is 12.7. The summed E-state index contributed by atoms with van der Waals surface area (Å²) in [5.74, 6) is -1.44. The van der Waals surface area contributed by atoms with Crippen LogP contribution in [0.1, 0.15) is 80.9 Å². The molecule has 0 bridgehead atoms. The lowest BCUT2D eigenvalue weighted by atomic mass is 9.55. The molecule has 1 fully saturated rings. The van der Waals surface area contributed by atoms with Gasteiger partial charge in [0.1, 0.15) is 24.1 Å². The number of nitrogens with one attached hydrogen (secondary N) is 1. The number of phenolic OH excluding ortho intramolecular Hbond substituents is 1. The number of urea groups is 1. The predicted molar refractivity (Wildman–Crippen MR) is 212 cm³/mol. The topological polar surface area (TPSA) is 206 Å². The molecule has 3 aromatic rings. The second-order valence-corrected chi connectivity index (χ2v) is 15.5. The van der Waals surface area contributed by atoms with Gasteiger partial charge in [0.05, 0.1) is 16.6 Å². The number of carbonyl (C=O) groups is 1. The van der Waals surface area contributed by atoms with Crippen molar-refractivity contribution in [2.45, 2.75) is 89.2 Å². The quantitative estimate of drug-likeness (QED) is 0.0584. The predicted octanol–water partition coefficient (Wildman–Crippen LogP) is 6.27. The van der Waals surface area contributed by atoms with Gasteiger partial charge >= 0.3 is 6.03 Å². The molecule has 0 unspecified atom stereocenters. The number of fused-ring (bicyclic) bond motifs is 3. The monoisotopic (exact) mass is 800 g/mol. The third kappa shape index (κ3) is 8.43. The number of aromatic hydroxyl groups is 1. The van der Waals surface area contributed by atoms with Crippen LogP contribution in [0.3, 0.4) is 0 Å². The fourth-order valence-electron chi connectivity index (χ4n) is 9.15. The Bertz CT molecular complexity index is 2010. The van der Waals surface area contributed by atoms with Crippen LogP contribution in [-0.2, 0) is 18.0 Å². The number of aliphatic hydroxyl groups excluding tert-OH is 2. The lowest BCUT2D eigenvalue weighted by molar-refractivity contribution is -0.384. The molecule has 3 aromatic carbocycles. The summed E-state index contributed by atoms with van der Waals surface area (Å²) in [6, 6.07) is 15.0. The molecule has 0 aromatic heterocycles. The number of carbonyl (C=O) groups excluding carboxylic acids is 1. The molecule has 7 rings (SSSR count). The van der Waals surface area contributed by atoms with Crippen LogP contribution in [0, 0.1) is 27.9 Å². The highest BCUT2D eigenvalue weighted by molar-refractivity contribution is 6.03. The van der Waals surface area contributed by atoms with E-state index in [1.807, 2.05) is 19.1 Å². The third-order valence-electron chi connectivity index (χ3n) is 11.8. The van der Waals surface area contributed by atoms with Gasteiger partial charge in [0, 0.05) is 56.3 Å². The van der Waals surface area contributed by atoms with Crippen molar-refractivity contribution in [3.8, 4) is 23.0 Å². The van der Waals surface area contributed by atoms with Gasteiger partial charge in [-0.15, -0.1) is 0 Å². The average molecular weight is 801 g/mol. The molecule has 5 N–H and O–H groups in total. The van der Waals surface area contributed by atoms with Crippen LogP contribution < -0.4 is 19.5 Å². The van der Waals surface area contributed by atoms with Gasteiger partial charge in [-0.05, 0) is 103 Å². The van der Waals surface area contributed by atoms with Crippen molar-refractivity contribution in [1.82, 2.24) is 10.2 Å². The summed E-state index contributed by atoms with van der Waals surface area (Å²) in [5, 5.41) is 62.6. The molecule has 2 aliphatic carbocycles. The Balaban J connectivity index is 1.30. The van der Waals surface area contributed by atoms with Gasteiger partial charge in [0.15, 0.2) is 11.5 Å². The third-order valence-corrected chi connectivity index (χ3v) is 11.8. The van der Waals surface area contributed by atoms with Crippen LogP contribution in [0.4, 0.5) is 10.5 Å². The minimum Gasteiger partial charge on any atom is -0.508 e. The Morgan fingerprint density at radius 3 is 2.45 bits per heavy atom. The summed E-state index contributed by atoms with van der Waals surface area (Å²) < 4.78 is 17.7. The van der Waals surface area contributed by atoms with E-state index in [1.54, 1.807) is 35.2 Å². The normalized spacial score (nSPS) is 24.6. The van der Waals surface area contributed by atoms with Gasteiger partial charge in [-0.2, -0.15) is 0 Å². The van der Waals surface area contributed by atoms with E-state index in [2.05, 4.69) is 11.4 Å². The average Bonchev–Trinajstić information content (AvgIpc) is 3.69. The zero-order valence-electron chi connectivity index (χ0n) is 32.6. The maximum Gasteiger partial charge on any atom is 0.318 e. The Hall–Kier alpha value is -5.38.